The van der Waals surface area contributed by atoms with Gasteiger partial charge >= 0.3 is 0 Å². The van der Waals surface area contributed by atoms with E-state index in [1.165, 1.54) is 17.6 Å². The molecule has 3 nitrogen and oxygen atoms in total. The third kappa shape index (κ3) is 6.52. The molecule has 1 aromatic heterocycles. The fourth-order valence-electron chi connectivity index (χ4n) is 1.83. The van der Waals surface area contributed by atoms with Crippen molar-refractivity contribution in [1.82, 2.24) is 15.2 Å². The van der Waals surface area contributed by atoms with Crippen LogP contribution >= 0.6 is 0 Å². The van der Waals surface area contributed by atoms with Gasteiger partial charge in [-0.25, -0.2) is 0 Å². The lowest BCUT2D eigenvalue weighted by Gasteiger charge is -2.18. The van der Waals surface area contributed by atoms with Gasteiger partial charge in [-0.15, -0.1) is 0 Å². The van der Waals surface area contributed by atoms with Crippen molar-refractivity contribution >= 4 is 0 Å². The van der Waals surface area contributed by atoms with Gasteiger partial charge in [0, 0.05) is 32.0 Å². The molecule has 18 heavy (non-hydrogen) atoms. The molecule has 3 heteroatoms. The average molecular weight is 247 g/mol. The van der Waals surface area contributed by atoms with Crippen LogP contribution in [0.4, 0.5) is 0 Å². The minimum Gasteiger partial charge on any atom is -0.313 e. The van der Waals surface area contributed by atoms with Crippen LogP contribution in [-0.4, -0.2) is 43.1 Å². The maximum atomic E-state index is 4.11. The summed E-state index contributed by atoms with van der Waals surface area (Å²) < 4.78 is 0. The Morgan fingerprint density at radius 1 is 1.39 bits per heavy atom. The molecule has 0 aliphatic rings. The van der Waals surface area contributed by atoms with Crippen LogP contribution in [0.3, 0.4) is 0 Å². The van der Waals surface area contributed by atoms with Gasteiger partial charge in [0.15, 0.2) is 0 Å². The van der Waals surface area contributed by atoms with E-state index in [0.29, 0.717) is 0 Å². The smallest absolute Gasteiger partial charge is 0.0270 e. The molecule has 0 bridgehead atoms. The molecule has 0 saturated carbocycles. The molecule has 0 atom stereocenters. The number of nitrogens with one attached hydrogen (secondary N) is 1. The van der Waals surface area contributed by atoms with Crippen molar-refractivity contribution in [2.24, 2.45) is 0 Å². The Morgan fingerprint density at radius 2 is 2.11 bits per heavy atom. The molecular weight excluding hydrogens is 222 g/mol. The quantitative estimate of drug-likeness (QED) is 0.535. The van der Waals surface area contributed by atoms with Crippen LogP contribution in [0.15, 0.2) is 36.7 Å². The lowest BCUT2D eigenvalue weighted by molar-refractivity contribution is 0.363. The van der Waals surface area contributed by atoms with Crippen molar-refractivity contribution in [3.05, 3.63) is 42.2 Å². The first-order valence-electron chi connectivity index (χ1n) is 6.67. The first-order chi connectivity index (χ1) is 8.72. The topological polar surface area (TPSA) is 28.2 Å². The summed E-state index contributed by atoms with van der Waals surface area (Å²) in [4.78, 5) is 6.34. The van der Waals surface area contributed by atoms with E-state index in [-0.39, 0.29) is 0 Å². The number of pyridine rings is 1. The molecule has 0 aliphatic carbocycles. The second-order valence-electron chi connectivity index (χ2n) is 4.77. The van der Waals surface area contributed by atoms with Gasteiger partial charge in [-0.05, 0) is 49.7 Å². The van der Waals surface area contributed by atoms with E-state index >= 15 is 0 Å². The van der Waals surface area contributed by atoms with Crippen LogP contribution in [0.25, 0.3) is 0 Å². The molecule has 1 N–H and O–H groups in total. The Kier molecular flexibility index (Phi) is 7.30. The van der Waals surface area contributed by atoms with Crippen molar-refractivity contribution in [2.75, 3.05) is 33.2 Å². The van der Waals surface area contributed by atoms with E-state index in [0.717, 1.165) is 32.6 Å². The molecule has 0 saturated heterocycles. The molecule has 0 radical (unpaired) electrons. The van der Waals surface area contributed by atoms with Gasteiger partial charge in [0.25, 0.3) is 0 Å². The van der Waals surface area contributed by atoms with Crippen molar-refractivity contribution < 1.29 is 0 Å². The van der Waals surface area contributed by atoms with Crippen LogP contribution in [0.1, 0.15) is 18.9 Å². The summed E-state index contributed by atoms with van der Waals surface area (Å²) in [6.07, 6.45) is 5.94. The van der Waals surface area contributed by atoms with Gasteiger partial charge in [0.1, 0.15) is 0 Å². The lowest BCUT2D eigenvalue weighted by atomic mass is 10.2. The highest BCUT2D eigenvalue weighted by Crippen LogP contribution is 2.00. The van der Waals surface area contributed by atoms with E-state index in [1.54, 1.807) is 0 Å². The van der Waals surface area contributed by atoms with Gasteiger partial charge in [-0.2, -0.15) is 0 Å². The number of aromatic nitrogens is 1. The summed E-state index contributed by atoms with van der Waals surface area (Å²) in [6, 6.07) is 4.15. The molecule has 1 heterocycles. The van der Waals surface area contributed by atoms with Crippen molar-refractivity contribution in [3.63, 3.8) is 0 Å². The predicted octanol–water partition coefficient (Wildman–Crippen LogP) is 2.11. The lowest BCUT2D eigenvalue weighted by Crippen LogP contribution is -2.28. The number of rotatable bonds is 9. The summed E-state index contributed by atoms with van der Waals surface area (Å²) in [5.41, 5.74) is 2.59. The molecule has 100 valence electrons. The van der Waals surface area contributed by atoms with E-state index in [9.17, 15) is 0 Å². The standard InChI is InChI=1S/C15H25N3/c1-4-8-17-12-14(2)13-18(3)11-7-15-5-9-16-10-6-15/h5-6,9-10,17H,2,4,7-8,11-13H2,1,3H3. The normalized spacial score (nSPS) is 10.8. The zero-order valence-electron chi connectivity index (χ0n) is 11.7. The third-order valence-corrected chi connectivity index (χ3v) is 2.83. The van der Waals surface area contributed by atoms with Gasteiger partial charge < -0.3 is 10.2 Å². The predicted molar refractivity (Wildman–Crippen MR) is 77.7 cm³/mol. The van der Waals surface area contributed by atoms with Crippen LogP contribution in [0, 0.1) is 0 Å². The van der Waals surface area contributed by atoms with Crippen LogP contribution in [-0.2, 0) is 6.42 Å². The monoisotopic (exact) mass is 247 g/mol. The number of hydrogen-bond acceptors (Lipinski definition) is 3. The highest BCUT2D eigenvalue weighted by molar-refractivity contribution is 5.10. The van der Waals surface area contributed by atoms with Gasteiger partial charge in [0.05, 0.1) is 0 Å². The number of hydrogen-bond donors (Lipinski definition) is 1. The molecule has 0 aliphatic heterocycles. The largest absolute Gasteiger partial charge is 0.313 e. The fourth-order valence-corrected chi connectivity index (χ4v) is 1.83. The van der Waals surface area contributed by atoms with E-state index < -0.39 is 0 Å². The highest BCUT2D eigenvalue weighted by atomic mass is 15.1. The summed E-state index contributed by atoms with van der Waals surface area (Å²) >= 11 is 0. The molecule has 0 spiro atoms. The zero-order valence-corrected chi connectivity index (χ0v) is 11.7. The molecular formula is C15H25N3. The number of likely N-dealkylation sites (N-methyl/N-ethyl adjacent to an activating group) is 1. The van der Waals surface area contributed by atoms with Crippen molar-refractivity contribution in [3.8, 4) is 0 Å². The highest BCUT2D eigenvalue weighted by Gasteiger charge is 2.01. The van der Waals surface area contributed by atoms with Gasteiger partial charge in [-0.3, -0.25) is 4.98 Å². The van der Waals surface area contributed by atoms with Crippen LogP contribution < -0.4 is 5.32 Å². The minimum atomic E-state index is 0.924. The Bertz CT molecular complexity index is 335. The third-order valence-electron chi connectivity index (χ3n) is 2.83. The molecule has 0 aromatic carbocycles. The first-order valence-corrected chi connectivity index (χ1v) is 6.67. The molecule has 1 rings (SSSR count). The second-order valence-corrected chi connectivity index (χ2v) is 4.77. The SMILES string of the molecule is C=C(CNCCC)CN(C)CCc1ccncc1. The molecule has 0 amide bonds. The Morgan fingerprint density at radius 3 is 2.78 bits per heavy atom. The Balaban J connectivity index is 2.17. The summed E-state index contributed by atoms with van der Waals surface area (Å²) in [6.45, 7) is 10.3. The summed E-state index contributed by atoms with van der Waals surface area (Å²) in [5.74, 6) is 0. The zero-order chi connectivity index (χ0) is 13.2. The van der Waals surface area contributed by atoms with Crippen LogP contribution in [0.5, 0.6) is 0 Å². The first kappa shape index (κ1) is 14.9. The molecule has 0 fully saturated rings. The van der Waals surface area contributed by atoms with E-state index in [2.05, 4.69) is 47.9 Å². The Labute approximate surface area is 111 Å². The van der Waals surface area contributed by atoms with Gasteiger partial charge in [0.2, 0.25) is 0 Å². The second kappa shape index (κ2) is 8.84. The molecule has 0 unspecified atom stereocenters. The Hall–Kier alpha value is -1.19. The fraction of sp³-hybridized carbons (Fsp3) is 0.533. The average Bonchev–Trinajstić information content (AvgIpc) is 2.38. The minimum absolute atomic E-state index is 0.924. The summed E-state index contributed by atoms with van der Waals surface area (Å²) in [7, 11) is 2.15. The van der Waals surface area contributed by atoms with E-state index in [1.807, 2.05) is 12.4 Å². The van der Waals surface area contributed by atoms with Crippen LogP contribution in [0.2, 0.25) is 0 Å². The van der Waals surface area contributed by atoms with Crippen molar-refractivity contribution in [1.29, 1.82) is 0 Å². The summed E-state index contributed by atoms with van der Waals surface area (Å²) in [5, 5.41) is 3.38. The van der Waals surface area contributed by atoms with Crippen molar-refractivity contribution in [2.45, 2.75) is 19.8 Å². The van der Waals surface area contributed by atoms with E-state index in [4.69, 9.17) is 0 Å². The maximum absolute atomic E-state index is 4.11. The number of nitrogens with zero attached hydrogens (tertiary/aromatic N) is 2. The molecule has 1 aromatic rings. The van der Waals surface area contributed by atoms with Gasteiger partial charge in [-0.1, -0.05) is 13.5 Å². The maximum Gasteiger partial charge on any atom is 0.0270 e.